The molecule has 0 bridgehead atoms. The van der Waals surface area contributed by atoms with E-state index in [1.807, 2.05) is 38.1 Å². The number of carbonyl (C=O) groups excluding carboxylic acids is 2. The summed E-state index contributed by atoms with van der Waals surface area (Å²) in [7, 11) is 1.50. The van der Waals surface area contributed by atoms with Crippen LogP contribution in [0.5, 0.6) is 17.2 Å². The minimum Gasteiger partial charge on any atom is -0.503 e. The quantitative estimate of drug-likeness (QED) is 0.0794. The molecule has 1 unspecified atom stereocenters. The van der Waals surface area contributed by atoms with Crippen molar-refractivity contribution in [2.75, 3.05) is 25.2 Å². The molecule has 3 heterocycles. The molecule has 46 heavy (non-hydrogen) atoms. The minimum atomic E-state index is -1.08. The highest BCUT2D eigenvalue weighted by Gasteiger charge is 2.47. The number of ketones is 1. The summed E-state index contributed by atoms with van der Waals surface area (Å²) in [5.74, 6) is -0.337. The van der Waals surface area contributed by atoms with Crippen LogP contribution >= 0.6 is 34.7 Å². The molecule has 236 valence electrons. The number of methoxy groups -OCH3 is 1. The lowest BCUT2D eigenvalue weighted by atomic mass is 9.95. The second-order valence-electron chi connectivity index (χ2n) is 9.96. The predicted octanol–water partition coefficient (Wildman–Crippen LogP) is 7.82. The van der Waals surface area contributed by atoms with Crippen LogP contribution < -0.4 is 19.1 Å². The maximum absolute atomic E-state index is 14.2. The van der Waals surface area contributed by atoms with Gasteiger partial charge in [-0.2, -0.15) is 0 Å². The fourth-order valence-electron chi connectivity index (χ4n) is 5.14. The molecule has 1 N–H and O–H groups in total. The van der Waals surface area contributed by atoms with Crippen molar-refractivity contribution in [2.24, 2.45) is 0 Å². The van der Waals surface area contributed by atoms with Gasteiger partial charge in [0.05, 0.1) is 31.9 Å². The maximum atomic E-state index is 14.2. The van der Waals surface area contributed by atoms with Crippen LogP contribution in [0.15, 0.2) is 86.8 Å². The molecular weight excluding hydrogens is 650 g/mol. The van der Waals surface area contributed by atoms with Gasteiger partial charge in [-0.15, -0.1) is 10.2 Å². The SMILES string of the molecule is CCOc1ccc(C2C(C(=O)c3cc4cccc(OC)c4o3)=C(O)C(=O)N2c2nnc(SCc3ccccc3Cl)s2)cc1OCC. The average Bonchev–Trinajstić information content (AvgIpc) is 3.78. The van der Waals surface area contributed by atoms with E-state index in [2.05, 4.69) is 10.2 Å². The molecule has 0 aliphatic carbocycles. The highest BCUT2D eigenvalue weighted by Crippen LogP contribution is 2.46. The lowest BCUT2D eigenvalue weighted by molar-refractivity contribution is -0.117. The van der Waals surface area contributed by atoms with Crippen molar-refractivity contribution in [3.8, 4) is 17.2 Å². The van der Waals surface area contributed by atoms with E-state index in [0.29, 0.717) is 62.1 Å². The van der Waals surface area contributed by atoms with Crippen molar-refractivity contribution in [3.63, 3.8) is 0 Å². The molecule has 6 rings (SSSR count). The summed E-state index contributed by atoms with van der Waals surface area (Å²) in [6, 6.07) is 18.4. The number of amides is 1. The summed E-state index contributed by atoms with van der Waals surface area (Å²) in [5.41, 5.74) is 1.61. The van der Waals surface area contributed by atoms with E-state index in [1.165, 1.54) is 23.8 Å². The molecule has 1 atom stereocenters. The first-order valence-electron chi connectivity index (χ1n) is 14.3. The molecule has 0 radical (unpaired) electrons. The number of Topliss-reactive ketones (excluding diaryl/α,β-unsaturated/α-hetero) is 1. The van der Waals surface area contributed by atoms with Crippen LogP contribution in [0.2, 0.25) is 5.02 Å². The monoisotopic (exact) mass is 677 g/mol. The van der Waals surface area contributed by atoms with E-state index in [4.69, 9.17) is 30.2 Å². The topological polar surface area (TPSA) is 124 Å². The third-order valence-corrected chi connectivity index (χ3v) is 9.67. The molecule has 1 aliphatic rings. The van der Waals surface area contributed by atoms with Gasteiger partial charge in [-0.1, -0.05) is 71.1 Å². The normalized spacial score (nSPS) is 14.7. The van der Waals surface area contributed by atoms with E-state index in [0.717, 1.165) is 16.9 Å². The van der Waals surface area contributed by atoms with Gasteiger partial charge in [0, 0.05) is 16.2 Å². The molecule has 1 aliphatic heterocycles. The summed E-state index contributed by atoms with van der Waals surface area (Å²) in [6.07, 6.45) is 0. The van der Waals surface area contributed by atoms with Crippen molar-refractivity contribution >= 4 is 62.5 Å². The lowest BCUT2D eigenvalue weighted by Crippen LogP contribution is -2.31. The summed E-state index contributed by atoms with van der Waals surface area (Å²) < 4.78 is 23.5. The highest BCUT2D eigenvalue weighted by atomic mass is 35.5. The van der Waals surface area contributed by atoms with Crippen LogP contribution in [0, 0.1) is 0 Å². The molecule has 3 aromatic carbocycles. The fourth-order valence-corrected chi connectivity index (χ4v) is 7.30. The molecule has 0 spiro atoms. The number of benzene rings is 3. The largest absolute Gasteiger partial charge is 0.503 e. The number of thioether (sulfide) groups is 1. The van der Waals surface area contributed by atoms with Gasteiger partial charge in [0.1, 0.15) is 0 Å². The molecule has 2 aromatic heterocycles. The molecule has 13 heteroatoms. The Hall–Kier alpha value is -4.52. The van der Waals surface area contributed by atoms with Gasteiger partial charge < -0.3 is 23.7 Å². The van der Waals surface area contributed by atoms with Crippen LogP contribution in [0.3, 0.4) is 0 Å². The van der Waals surface area contributed by atoms with Crippen LogP contribution in [0.25, 0.3) is 11.0 Å². The Kier molecular flexibility index (Phi) is 9.20. The Morgan fingerprint density at radius 2 is 1.80 bits per heavy atom. The number of hydrogen-bond acceptors (Lipinski definition) is 11. The highest BCUT2D eigenvalue weighted by molar-refractivity contribution is 8.00. The summed E-state index contributed by atoms with van der Waals surface area (Å²) >= 11 is 8.90. The number of carbonyl (C=O) groups is 2. The van der Waals surface area contributed by atoms with E-state index in [9.17, 15) is 14.7 Å². The van der Waals surface area contributed by atoms with Gasteiger partial charge in [-0.3, -0.25) is 14.5 Å². The van der Waals surface area contributed by atoms with Crippen molar-refractivity contribution in [2.45, 2.75) is 30.0 Å². The molecule has 0 fully saturated rings. The number of rotatable bonds is 12. The third kappa shape index (κ3) is 5.91. The third-order valence-electron chi connectivity index (χ3n) is 7.20. The molecule has 10 nitrogen and oxygen atoms in total. The minimum absolute atomic E-state index is 0.0649. The summed E-state index contributed by atoms with van der Waals surface area (Å²) in [4.78, 5) is 29.2. The summed E-state index contributed by atoms with van der Waals surface area (Å²) in [5, 5.41) is 21.4. The van der Waals surface area contributed by atoms with E-state index < -0.39 is 23.5 Å². The number of furan rings is 1. The second kappa shape index (κ2) is 13.5. The Morgan fingerprint density at radius 3 is 2.57 bits per heavy atom. The van der Waals surface area contributed by atoms with E-state index in [-0.39, 0.29) is 16.5 Å². The van der Waals surface area contributed by atoms with E-state index in [1.54, 1.807) is 42.5 Å². The van der Waals surface area contributed by atoms with Crippen LogP contribution in [0.1, 0.15) is 41.6 Å². The first kappa shape index (κ1) is 31.5. The first-order chi connectivity index (χ1) is 22.3. The van der Waals surface area contributed by atoms with Gasteiger partial charge in [0.15, 0.2) is 38.7 Å². The first-order valence-corrected chi connectivity index (χ1v) is 16.5. The maximum Gasteiger partial charge on any atom is 0.296 e. The smallest absolute Gasteiger partial charge is 0.296 e. The Labute approximate surface area is 277 Å². The lowest BCUT2D eigenvalue weighted by Gasteiger charge is -2.24. The summed E-state index contributed by atoms with van der Waals surface area (Å²) in [6.45, 7) is 4.46. The van der Waals surface area contributed by atoms with Crippen molar-refractivity contribution < 1.29 is 33.3 Å². The van der Waals surface area contributed by atoms with Crippen molar-refractivity contribution in [3.05, 3.63) is 100.0 Å². The number of aliphatic hydroxyl groups is 1. The second-order valence-corrected chi connectivity index (χ2v) is 12.5. The Morgan fingerprint density at radius 1 is 1.02 bits per heavy atom. The van der Waals surface area contributed by atoms with Gasteiger partial charge in [-0.05, 0) is 55.3 Å². The zero-order valence-corrected chi connectivity index (χ0v) is 27.4. The predicted molar refractivity (Wildman–Crippen MR) is 177 cm³/mol. The molecule has 0 saturated heterocycles. The van der Waals surface area contributed by atoms with Gasteiger partial charge in [0.25, 0.3) is 5.91 Å². The molecule has 1 amide bonds. The number of para-hydroxylation sites is 1. The number of ether oxygens (including phenoxy) is 3. The number of halogens is 1. The fraction of sp³-hybridized carbons (Fsp3) is 0.212. The van der Waals surface area contributed by atoms with Gasteiger partial charge >= 0.3 is 0 Å². The van der Waals surface area contributed by atoms with Gasteiger partial charge in [-0.25, -0.2) is 0 Å². The average molecular weight is 678 g/mol. The zero-order valence-electron chi connectivity index (χ0n) is 25.0. The molecule has 5 aromatic rings. The van der Waals surface area contributed by atoms with E-state index >= 15 is 0 Å². The zero-order chi connectivity index (χ0) is 32.4. The standard InChI is InChI=1S/C33H28ClN3O7S2/c1-4-42-22-14-13-18(15-24(22)43-5-2)27-26(28(38)25-16-19-10-8-12-23(41-3)30(19)44-25)29(39)31(40)37(27)32-35-36-33(46-32)45-17-20-9-6-7-11-21(20)34/h6-16,27,39H,4-5,17H2,1-3H3. The van der Waals surface area contributed by atoms with Crippen LogP contribution in [0.4, 0.5) is 5.13 Å². The number of aromatic nitrogens is 2. The van der Waals surface area contributed by atoms with Crippen LogP contribution in [-0.4, -0.2) is 47.3 Å². The Bertz CT molecular complexity index is 1970. The number of anilines is 1. The number of nitrogens with zero attached hydrogens (tertiary/aromatic N) is 3. The Balaban J connectivity index is 1.42. The van der Waals surface area contributed by atoms with Crippen LogP contribution in [-0.2, 0) is 10.5 Å². The van der Waals surface area contributed by atoms with Crippen molar-refractivity contribution in [1.29, 1.82) is 0 Å². The van der Waals surface area contributed by atoms with Gasteiger partial charge in [0.2, 0.25) is 10.9 Å². The number of fused-ring (bicyclic) bond motifs is 1. The van der Waals surface area contributed by atoms with Crippen molar-refractivity contribution in [1.82, 2.24) is 10.2 Å². The molecule has 0 saturated carbocycles. The molecular formula is C33H28ClN3O7S2. The number of aliphatic hydroxyl groups excluding tert-OH is 1. The number of hydrogen-bond donors (Lipinski definition) is 1.